The Labute approximate surface area is 174 Å². The lowest BCUT2D eigenvalue weighted by Crippen LogP contribution is -2.43. The Morgan fingerprint density at radius 3 is 2.40 bits per heavy atom. The average molecular weight is 408 g/mol. The van der Waals surface area contributed by atoms with E-state index >= 15 is 0 Å². The number of nitrogens with zero attached hydrogens (tertiary/aromatic N) is 3. The molecule has 0 bridgehead atoms. The Kier molecular flexibility index (Phi) is 5.65. The first kappa shape index (κ1) is 21.1. The SMILES string of the molecule is CC1=C(C(=O)OCC(C)C)[C@@H](c2ccc(C#N)cc2)c2c(n(C)c(=O)n(C)c2=O)N1. The molecule has 156 valence electrons. The van der Waals surface area contributed by atoms with Gasteiger partial charge in [0.1, 0.15) is 5.82 Å². The molecule has 1 aliphatic rings. The van der Waals surface area contributed by atoms with Crippen LogP contribution in [0.25, 0.3) is 0 Å². The molecule has 8 heteroatoms. The zero-order chi connectivity index (χ0) is 22.2. The first-order valence-electron chi connectivity index (χ1n) is 9.62. The maximum absolute atomic E-state index is 13.1. The second-order valence-electron chi connectivity index (χ2n) is 7.79. The molecule has 2 aromatic rings. The van der Waals surface area contributed by atoms with Crippen molar-refractivity contribution in [2.24, 2.45) is 20.0 Å². The quantitative estimate of drug-likeness (QED) is 0.776. The number of ether oxygens (including phenoxy) is 1. The molecule has 0 aliphatic carbocycles. The summed E-state index contributed by atoms with van der Waals surface area (Å²) in [6.45, 7) is 5.83. The van der Waals surface area contributed by atoms with Gasteiger partial charge in [-0.05, 0) is 30.5 Å². The fourth-order valence-corrected chi connectivity index (χ4v) is 3.56. The lowest BCUT2D eigenvalue weighted by atomic mass is 9.82. The maximum Gasteiger partial charge on any atom is 0.336 e. The molecule has 1 aromatic carbocycles. The van der Waals surface area contributed by atoms with Crippen LogP contribution in [0.15, 0.2) is 45.1 Å². The molecule has 30 heavy (non-hydrogen) atoms. The largest absolute Gasteiger partial charge is 0.462 e. The summed E-state index contributed by atoms with van der Waals surface area (Å²) in [6.07, 6.45) is 0. The Bertz CT molecular complexity index is 1190. The summed E-state index contributed by atoms with van der Waals surface area (Å²) >= 11 is 0. The van der Waals surface area contributed by atoms with Crippen molar-refractivity contribution >= 4 is 11.8 Å². The molecule has 0 saturated carbocycles. The number of allylic oxidation sites excluding steroid dienone is 1. The number of benzene rings is 1. The Morgan fingerprint density at radius 2 is 1.83 bits per heavy atom. The summed E-state index contributed by atoms with van der Waals surface area (Å²) in [7, 11) is 2.97. The van der Waals surface area contributed by atoms with Gasteiger partial charge >= 0.3 is 11.7 Å². The van der Waals surface area contributed by atoms with Crippen molar-refractivity contribution in [3.63, 3.8) is 0 Å². The van der Waals surface area contributed by atoms with E-state index in [4.69, 9.17) is 10.00 Å². The molecule has 0 unspecified atom stereocenters. The van der Waals surface area contributed by atoms with Gasteiger partial charge in [-0.1, -0.05) is 26.0 Å². The maximum atomic E-state index is 13.1. The van der Waals surface area contributed by atoms with Crippen molar-refractivity contribution in [1.29, 1.82) is 5.26 Å². The monoisotopic (exact) mass is 408 g/mol. The van der Waals surface area contributed by atoms with Crippen molar-refractivity contribution in [2.75, 3.05) is 11.9 Å². The topological polar surface area (TPSA) is 106 Å². The van der Waals surface area contributed by atoms with Crippen molar-refractivity contribution in [3.8, 4) is 6.07 Å². The van der Waals surface area contributed by atoms with E-state index in [1.807, 2.05) is 13.8 Å². The summed E-state index contributed by atoms with van der Waals surface area (Å²) < 4.78 is 7.86. The smallest absolute Gasteiger partial charge is 0.336 e. The molecule has 1 aliphatic heterocycles. The number of esters is 1. The van der Waals surface area contributed by atoms with Crippen LogP contribution >= 0.6 is 0 Å². The molecule has 1 atom stereocenters. The third-order valence-corrected chi connectivity index (χ3v) is 5.13. The van der Waals surface area contributed by atoms with Gasteiger partial charge in [-0.25, -0.2) is 9.59 Å². The number of anilines is 1. The third-order valence-electron chi connectivity index (χ3n) is 5.13. The zero-order valence-corrected chi connectivity index (χ0v) is 17.6. The summed E-state index contributed by atoms with van der Waals surface area (Å²) in [5, 5.41) is 12.2. The third kappa shape index (κ3) is 3.54. The van der Waals surface area contributed by atoms with Gasteiger partial charge in [0, 0.05) is 19.8 Å². The molecule has 0 radical (unpaired) electrons. The van der Waals surface area contributed by atoms with Gasteiger partial charge in [-0.15, -0.1) is 0 Å². The second-order valence-corrected chi connectivity index (χ2v) is 7.79. The van der Waals surface area contributed by atoms with Crippen LogP contribution in [0.2, 0.25) is 0 Å². The zero-order valence-electron chi connectivity index (χ0n) is 17.6. The first-order valence-corrected chi connectivity index (χ1v) is 9.62. The molecule has 0 amide bonds. The molecule has 1 N–H and O–H groups in total. The fraction of sp³-hybridized carbons (Fsp3) is 0.364. The van der Waals surface area contributed by atoms with Gasteiger partial charge in [0.2, 0.25) is 0 Å². The van der Waals surface area contributed by atoms with E-state index in [-0.39, 0.29) is 18.1 Å². The van der Waals surface area contributed by atoms with Crippen LogP contribution in [0, 0.1) is 17.2 Å². The number of carbonyl (C=O) groups is 1. The number of rotatable bonds is 4. The average Bonchev–Trinajstić information content (AvgIpc) is 2.73. The molecule has 3 rings (SSSR count). The number of aromatic nitrogens is 2. The predicted molar refractivity (Wildman–Crippen MR) is 112 cm³/mol. The number of hydrogen-bond donors (Lipinski definition) is 1. The Morgan fingerprint density at radius 1 is 1.20 bits per heavy atom. The van der Waals surface area contributed by atoms with Crippen LogP contribution in [0.5, 0.6) is 0 Å². The van der Waals surface area contributed by atoms with E-state index in [9.17, 15) is 14.4 Å². The molecule has 0 saturated heterocycles. The number of nitrogens with one attached hydrogen (secondary N) is 1. The summed E-state index contributed by atoms with van der Waals surface area (Å²) in [4.78, 5) is 38.6. The highest BCUT2D eigenvalue weighted by molar-refractivity contribution is 5.94. The summed E-state index contributed by atoms with van der Waals surface area (Å²) in [6, 6.07) is 8.76. The van der Waals surface area contributed by atoms with Gasteiger partial charge in [0.25, 0.3) is 5.56 Å². The van der Waals surface area contributed by atoms with Gasteiger partial charge in [-0.2, -0.15) is 5.26 Å². The lowest BCUT2D eigenvalue weighted by Gasteiger charge is -2.31. The van der Waals surface area contributed by atoms with E-state index < -0.39 is 23.1 Å². The highest BCUT2D eigenvalue weighted by Crippen LogP contribution is 2.40. The van der Waals surface area contributed by atoms with Crippen molar-refractivity contribution in [3.05, 3.63) is 73.1 Å². The van der Waals surface area contributed by atoms with E-state index in [2.05, 4.69) is 11.4 Å². The molecular weight excluding hydrogens is 384 g/mol. The normalized spacial score (nSPS) is 15.4. The van der Waals surface area contributed by atoms with Crippen molar-refractivity contribution in [2.45, 2.75) is 26.7 Å². The summed E-state index contributed by atoms with van der Waals surface area (Å²) in [5.41, 5.74) is 1.26. The van der Waals surface area contributed by atoms with Crippen LogP contribution in [0.1, 0.15) is 43.4 Å². The lowest BCUT2D eigenvalue weighted by molar-refractivity contribution is -0.140. The van der Waals surface area contributed by atoms with Gasteiger partial charge in [-0.3, -0.25) is 13.9 Å². The van der Waals surface area contributed by atoms with E-state index in [1.165, 1.54) is 11.6 Å². The summed E-state index contributed by atoms with van der Waals surface area (Å²) in [5.74, 6) is -0.764. The number of carbonyl (C=O) groups excluding carboxylic acids is 1. The predicted octanol–water partition coefficient (Wildman–Crippen LogP) is 1.99. The number of hydrogen-bond acceptors (Lipinski definition) is 6. The molecule has 2 heterocycles. The van der Waals surface area contributed by atoms with Gasteiger partial charge in [0.15, 0.2) is 0 Å². The van der Waals surface area contributed by atoms with Gasteiger partial charge in [0.05, 0.1) is 35.3 Å². The van der Waals surface area contributed by atoms with Gasteiger partial charge < -0.3 is 10.1 Å². The van der Waals surface area contributed by atoms with Crippen LogP contribution in [-0.4, -0.2) is 21.7 Å². The fourth-order valence-electron chi connectivity index (χ4n) is 3.56. The van der Waals surface area contributed by atoms with Crippen molar-refractivity contribution < 1.29 is 9.53 Å². The van der Waals surface area contributed by atoms with E-state index in [0.29, 0.717) is 28.2 Å². The highest BCUT2D eigenvalue weighted by Gasteiger charge is 2.37. The Hall–Kier alpha value is -3.60. The minimum Gasteiger partial charge on any atom is -0.462 e. The van der Waals surface area contributed by atoms with Crippen molar-refractivity contribution in [1.82, 2.24) is 9.13 Å². The first-order chi connectivity index (χ1) is 14.2. The highest BCUT2D eigenvalue weighted by atomic mass is 16.5. The van der Waals surface area contributed by atoms with E-state index in [1.54, 1.807) is 38.2 Å². The standard InChI is InChI=1S/C22H24N4O4/c1-12(2)11-30-21(28)16-13(3)24-19-18(20(27)26(5)22(29)25(19)4)17(16)15-8-6-14(10-23)7-9-15/h6-9,12,17,24H,11H2,1-5H3/t17-/m1/s1. The molecule has 0 fully saturated rings. The van der Waals surface area contributed by atoms with Crippen LogP contribution in [0.4, 0.5) is 5.82 Å². The molecule has 1 aromatic heterocycles. The van der Waals surface area contributed by atoms with Crippen LogP contribution in [0.3, 0.4) is 0 Å². The van der Waals surface area contributed by atoms with Crippen LogP contribution in [-0.2, 0) is 23.6 Å². The van der Waals surface area contributed by atoms with Crippen LogP contribution < -0.4 is 16.6 Å². The minimum absolute atomic E-state index is 0.153. The minimum atomic E-state index is -0.737. The molecular formula is C22H24N4O4. The number of fused-ring (bicyclic) bond motifs is 1. The van der Waals surface area contributed by atoms with E-state index in [0.717, 1.165) is 4.57 Å². The second kappa shape index (κ2) is 8.03. The molecule has 0 spiro atoms. The Balaban J connectivity index is 2.28. The number of nitriles is 1. The molecule has 8 nitrogen and oxygen atoms in total.